The molecule has 0 bridgehead atoms. The van der Waals surface area contributed by atoms with Crippen LogP contribution in [0.5, 0.6) is 0 Å². The molecule has 1 aromatic rings. The molecule has 0 spiro atoms. The number of alkyl halides is 3. The molecule has 1 heterocycles. The topological polar surface area (TPSA) is 87.3 Å². The van der Waals surface area contributed by atoms with Crippen molar-refractivity contribution in [3.05, 3.63) is 29.8 Å². The molecular formula is C13H16F3N3O3S. The average Bonchev–Trinajstić information content (AvgIpc) is 2.97. The second-order valence-corrected chi connectivity index (χ2v) is 6.87. The van der Waals surface area contributed by atoms with E-state index in [1.54, 1.807) is 0 Å². The van der Waals surface area contributed by atoms with Gasteiger partial charge in [0.05, 0.1) is 17.0 Å². The predicted molar refractivity (Wildman–Crippen MR) is 76.0 cm³/mol. The molecule has 1 amide bonds. The lowest BCUT2D eigenvalue weighted by molar-refractivity contribution is -0.137. The van der Waals surface area contributed by atoms with Gasteiger partial charge < -0.3 is 10.6 Å². The number of sulfonamides is 1. The van der Waals surface area contributed by atoms with Crippen molar-refractivity contribution in [2.75, 3.05) is 19.6 Å². The monoisotopic (exact) mass is 351 g/mol. The highest BCUT2D eigenvalue weighted by Crippen LogP contribution is 2.30. The Morgan fingerprint density at radius 3 is 2.70 bits per heavy atom. The van der Waals surface area contributed by atoms with Crippen molar-refractivity contribution in [1.29, 1.82) is 0 Å². The van der Waals surface area contributed by atoms with Crippen molar-refractivity contribution in [3.63, 3.8) is 0 Å². The summed E-state index contributed by atoms with van der Waals surface area (Å²) in [6.45, 7) is 0.835. The smallest absolute Gasteiger partial charge is 0.351 e. The first-order valence-corrected chi connectivity index (χ1v) is 8.34. The number of benzene rings is 1. The van der Waals surface area contributed by atoms with Gasteiger partial charge in [-0.15, -0.1) is 0 Å². The Morgan fingerprint density at radius 1 is 1.35 bits per heavy atom. The number of rotatable bonds is 5. The molecule has 1 unspecified atom stereocenters. The molecule has 0 aliphatic carbocycles. The average molecular weight is 351 g/mol. The van der Waals surface area contributed by atoms with E-state index in [1.165, 1.54) is 0 Å². The Labute approximate surface area is 131 Å². The summed E-state index contributed by atoms with van der Waals surface area (Å²) in [5.74, 6) is -0.533. The lowest BCUT2D eigenvalue weighted by Gasteiger charge is -2.13. The molecule has 23 heavy (non-hydrogen) atoms. The van der Waals surface area contributed by atoms with Crippen LogP contribution in [0.1, 0.15) is 12.0 Å². The van der Waals surface area contributed by atoms with Crippen LogP contribution in [0.3, 0.4) is 0 Å². The number of amides is 1. The summed E-state index contributed by atoms with van der Waals surface area (Å²) in [5.41, 5.74) is -1.07. The summed E-state index contributed by atoms with van der Waals surface area (Å²) in [7, 11) is -4.20. The minimum absolute atomic E-state index is 0.0689. The minimum atomic E-state index is -4.64. The third-order valence-electron chi connectivity index (χ3n) is 3.32. The maximum atomic E-state index is 12.6. The SMILES string of the molecule is O=C(CNS(=O)(=O)c1cccc(C(F)(F)F)c1)NC1CCNC1. The third kappa shape index (κ3) is 4.91. The van der Waals surface area contributed by atoms with E-state index in [9.17, 15) is 26.4 Å². The van der Waals surface area contributed by atoms with E-state index in [2.05, 4.69) is 10.6 Å². The minimum Gasteiger partial charge on any atom is -0.351 e. The van der Waals surface area contributed by atoms with Gasteiger partial charge in [-0.1, -0.05) is 6.07 Å². The molecule has 6 nitrogen and oxygen atoms in total. The first kappa shape index (κ1) is 17.7. The molecule has 2 rings (SSSR count). The van der Waals surface area contributed by atoms with Crippen molar-refractivity contribution in [2.45, 2.75) is 23.5 Å². The lowest BCUT2D eigenvalue weighted by atomic mass is 10.2. The molecule has 1 aromatic carbocycles. The van der Waals surface area contributed by atoms with Gasteiger partial charge in [-0.25, -0.2) is 13.1 Å². The van der Waals surface area contributed by atoms with E-state index in [0.29, 0.717) is 12.6 Å². The van der Waals surface area contributed by atoms with Crippen LogP contribution in [-0.2, 0) is 21.0 Å². The molecule has 1 atom stereocenters. The van der Waals surface area contributed by atoms with Crippen molar-refractivity contribution in [1.82, 2.24) is 15.4 Å². The van der Waals surface area contributed by atoms with Crippen LogP contribution in [0.25, 0.3) is 0 Å². The summed E-state index contributed by atoms with van der Waals surface area (Å²) < 4.78 is 63.8. The van der Waals surface area contributed by atoms with Gasteiger partial charge in [-0.05, 0) is 31.2 Å². The summed E-state index contributed by atoms with van der Waals surface area (Å²) in [5, 5.41) is 5.67. The van der Waals surface area contributed by atoms with Gasteiger partial charge in [-0.2, -0.15) is 13.2 Å². The molecular weight excluding hydrogens is 335 g/mol. The molecule has 1 saturated heterocycles. The number of hydrogen-bond acceptors (Lipinski definition) is 4. The van der Waals surface area contributed by atoms with Crippen LogP contribution < -0.4 is 15.4 Å². The van der Waals surface area contributed by atoms with E-state index < -0.39 is 39.1 Å². The Kier molecular flexibility index (Phi) is 5.27. The summed E-state index contributed by atoms with van der Waals surface area (Å²) >= 11 is 0. The first-order chi connectivity index (χ1) is 10.7. The Morgan fingerprint density at radius 2 is 2.09 bits per heavy atom. The zero-order valence-electron chi connectivity index (χ0n) is 12.0. The number of carbonyl (C=O) groups is 1. The summed E-state index contributed by atoms with van der Waals surface area (Å²) in [6, 6.07) is 3.28. The van der Waals surface area contributed by atoms with E-state index in [-0.39, 0.29) is 6.04 Å². The second-order valence-electron chi connectivity index (χ2n) is 5.11. The van der Waals surface area contributed by atoms with Crippen LogP contribution in [0.4, 0.5) is 13.2 Å². The maximum Gasteiger partial charge on any atom is 0.416 e. The Hall–Kier alpha value is -1.65. The van der Waals surface area contributed by atoms with Gasteiger partial charge in [0.15, 0.2) is 0 Å². The van der Waals surface area contributed by atoms with Crippen LogP contribution >= 0.6 is 0 Å². The second kappa shape index (κ2) is 6.85. The van der Waals surface area contributed by atoms with Gasteiger partial charge in [0.2, 0.25) is 15.9 Å². The molecule has 1 fully saturated rings. The molecule has 3 N–H and O–H groups in total. The van der Waals surface area contributed by atoms with Crippen molar-refractivity contribution < 1.29 is 26.4 Å². The molecule has 0 saturated carbocycles. The predicted octanol–water partition coefficient (Wildman–Crippen LogP) is 0.462. The molecule has 0 radical (unpaired) electrons. The van der Waals surface area contributed by atoms with E-state index in [0.717, 1.165) is 31.2 Å². The number of carbonyl (C=O) groups excluding carboxylic acids is 1. The molecule has 1 aliphatic heterocycles. The molecule has 1 aliphatic rings. The van der Waals surface area contributed by atoms with Crippen molar-refractivity contribution >= 4 is 15.9 Å². The van der Waals surface area contributed by atoms with Crippen molar-refractivity contribution in [2.24, 2.45) is 0 Å². The van der Waals surface area contributed by atoms with Crippen LogP contribution in [0.15, 0.2) is 29.2 Å². The zero-order chi connectivity index (χ0) is 17.1. The quantitative estimate of drug-likeness (QED) is 0.719. The van der Waals surface area contributed by atoms with Crippen LogP contribution in [-0.4, -0.2) is 40.0 Å². The fourth-order valence-electron chi connectivity index (χ4n) is 2.14. The van der Waals surface area contributed by atoms with E-state index in [4.69, 9.17) is 0 Å². The highest BCUT2D eigenvalue weighted by molar-refractivity contribution is 7.89. The number of nitrogens with one attached hydrogen (secondary N) is 3. The summed E-state index contributed by atoms with van der Waals surface area (Å²) in [6.07, 6.45) is -3.90. The highest BCUT2D eigenvalue weighted by Gasteiger charge is 2.31. The normalized spacial score (nSPS) is 18.8. The van der Waals surface area contributed by atoms with Gasteiger partial charge >= 0.3 is 6.18 Å². The molecule has 10 heteroatoms. The maximum absolute atomic E-state index is 12.6. The third-order valence-corrected chi connectivity index (χ3v) is 4.72. The lowest BCUT2D eigenvalue weighted by Crippen LogP contribution is -2.42. The van der Waals surface area contributed by atoms with Gasteiger partial charge in [0.1, 0.15) is 0 Å². The highest BCUT2D eigenvalue weighted by atomic mass is 32.2. The molecule has 0 aromatic heterocycles. The van der Waals surface area contributed by atoms with Crippen LogP contribution in [0.2, 0.25) is 0 Å². The Bertz CT molecular complexity index is 671. The van der Waals surface area contributed by atoms with Crippen LogP contribution in [0, 0.1) is 0 Å². The fraction of sp³-hybridized carbons (Fsp3) is 0.462. The Balaban J connectivity index is 2.00. The largest absolute Gasteiger partial charge is 0.416 e. The first-order valence-electron chi connectivity index (χ1n) is 6.85. The van der Waals surface area contributed by atoms with E-state index in [1.807, 2.05) is 4.72 Å². The number of halogens is 3. The fourth-order valence-corrected chi connectivity index (χ4v) is 3.17. The zero-order valence-corrected chi connectivity index (χ0v) is 12.8. The summed E-state index contributed by atoms with van der Waals surface area (Å²) in [4.78, 5) is 11.1. The van der Waals surface area contributed by atoms with Crippen molar-refractivity contribution in [3.8, 4) is 0 Å². The van der Waals surface area contributed by atoms with E-state index >= 15 is 0 Å². The molecule has 128 valence electrons. The number of hydrogen-bond donors (Lipinski definition) is 3. The standard InChI is InChI=1S/C13H16F3N3O3S/c14-13(15,16)9-2-1-3-11(6-9)23(21,22)18-8-12(20)19-10-4-5-17-7-10/h1-3,6,10,17-18H,4-5,7-8H2,(H,19,20). The van der Waals surface area contributed by atoms with Gasteiger partial charge in [0, 0.05) is 12.6 Å². The van der Waals surface area contributed by atoms with Gasteiger partial charge in [-0.3, -0.25) is 4.79 Å². The van der Waals surface area contributed by atoms with Gasteiger partial charge in [0.25, 0.3) is 0 Å².